The van der Waals surface area contributed by atoms with Crippen molar-refractivity contribution >= 4 is 17.8 Å². The lowest BCUT2D eigenvalue weighted by Gasteiger charge is -2.20. The Kier molecular flexibility index (Phi) is 4.83. The maximum atomic E-state index is 13.2. The third kappa shape index (κ3) is 3.36. The zero-order chi connectivity index (χ0) is 20.3. The van der Waals surface area contributed by atoms with Gasteiger partial charge in [0, 0.05) is 11.1 Å². The van der Waals surface area contributed by atoms with E-state index in [4.69, 9.17) is 14.2 Å². The van der Waals surface area contributed by atoms with Gasteiger partial charge in [-0.1, -0.05) is 48.5 Å². The SMILES string of the molecule is COc1ccc(C2=N[C@](C(=O)Oc3ccccc3)(c3ccccc3)C(=O)O2)cc1. The van der Waals surface area contributed by atoms with Crippen LogP contribution in [-0.4, -0.2) is 24.9 Å². The van der Waals surface area contributed by atoms with E-state index < -0.39 is 17.5 Å². The summed E-state index contributed by atoms with van der Waals surface area (Å²) < 4.78 is 16.0. The topological polar surface area (TPSA) is 74.2 Å². The van der Waals surface area contributed by atoms with E-state index in [1.165, 1.54) is 0 Å². The number of benzene rings is 3. The minimum atomic E-state index is -1.94. The summed E-state index contributed by atoms with van der Waals surface area (Å²) in [5.41, 5.74) is -1.02. The molecule has 1 atom stereocenters. The molecule has 4 rings (SSSR count). The highest BCUT2D eigenvalue weighted by molar-refractivity contribution is 6.17. The molecule has 1 aliphatic rings. The number of carbonyl (C=O) groups is 2. The summed E-state index contributed by atoms with van der Waals surface area (Å²) in [6.07, 6.45) is 0. The molecule has 0 aliphatic carbocycles. The second-order valence-electron chi connectivity index (χ2n) is 6.31. The van der Waals surface area contributed by atoms with Gasteiger partial charge in [0.1, 0.15) is 11.5 Å². The van der Waals surface area contributed by atoms with Crippen LogP contribution in [-0.2, 0) is 19.9 Å². The minimum absolute atomic E-state index is 0.0477. The molecular formula is C23H17NO5. The van der Waals surface area contributed by atoms with Crippen LogP contribution in [0.4, 0.5) is 0 Å². The van der Waals surface area contributed by atoms with E-state index in [0.29, 0.717) is 22.6 Å². The van der Waals surface area contributed by atoms with Crippen LogP contribution in [0.3, 0.4) is 0 Å². The van der Waals surface area contributed by atoms with Crippen LogP contribution in [0.1, 0.15) is 11.1 Å². The van der Waals surface area contributed by atoms with E-state index in [1.54, 1.807) is 92.0 Å². The van der Waals surface area contributed by atoms with E-state index in [2.05, 4.69) is 4.99 Å². The molecule has 0 radical (unpaired) electrons. The molecule has 1 heterocycles. The third-order valence-corrected chi connectivity index (χ3v) is 4.53. The Morgan fingerprint density at radius 1 is 0.862 bits per heavy atom. The minimum Gasteiger partial charge on any atom is -0.497 e. The third-order valence-electron chi connectivity index (χ3n) is 4.53. The van der Waals surface area contributed by atoms with Crippen molar-refractivity contribution in [1.82, 2.24) is 0 Å². The second-order valence-corrected chi connectivity index (χ2v) is 6.31. The van der Waals surface area contributed by atoms with Crippen molar-refractivity contribution in [2.45, 2.75) is 5.54 Å². The van der Waals surface area contributed by atoms with Crippen LogP contribution in [0.15, 0.2) is 89.9 Å². The van der Waals surface area contributed by atoms with Crippen LogP contribution in [0.25, 0.3) is 0 Å². The smallest absolute Gasteiger partial charge is 0.357 e. The zero-order valence-corrected chi connectivity index (χ0v) is 15.6. The van der Waals surface area contributed by atoms with Gasteiger partial charge >= 0.3 is 11.9 Å². The van der Waals surface area contributed by atoms with Crippen molar-refractivity contribution in [3.8, 4) is 11.5 Å². The predicted molar refractivity (Wildman–Crippen MR) is 106 cm³/mol. The van der Waals surface area contributed by atoms with Gasteiger partial charge in [0.05, 0.1) is 7.11 Å². The summed E-state index contributed by atoms with van der Waals surface area (Å²) >= 11 is 0. The first-order valence-electron chi connectivity index (χ1n) is 8.93. The van der Waals surface area contributed by atoms with Crippen molar-refractivity contribution in [1.29, 1.82) is 0 Å². The van der Waals surface area contributed by atoms with Crippen molar-refractivity contribution in [3.63, 3.8) is 0 Å². The summed E-state index contributed by atoms with van der Waals surface area (Å²) in [6, 6.07) is 23.9. The molecule has 0 saturated heterocycles. The average Bonchev–Trinajstić information content (AvgIpc) is 3.13. The number of hydrogen-bond donors (Lipinski definition) is 0. The lowest BCUT2D eigenvalue weighted by Crippen LogP contribution is -2.42. The number of methoxy groups -OCH3 is 1. The van der Waals surface area contributed by atoms with Crippen molar-refractivity contribution in [3.05, 3.63) is 96.1 Å². The number of rotatable bonds is 5. The van der Waals surface area contributed by atoms with Gasteiger partial charge in [0.2, 0.25) is 5.90 Å². The normalized spacial score (nSPS) is 18.0. The molecule has 3 aromatic rings. The van der Waals surface area contributed by atoms with Gasteiger partial charge in [-0.05, 0) is 36.4 Å². The Morgan fingerprint density at radius 3 is 2.10 bits per heavy atom. The van der Waals surface area contributed by atoms with E-state index in [0.717, 1.165) is 0 Å². The predicted octanol–water partition coefficient (Wildman–Crippen LogP) is 3.50. The first kappa shape index (κ1) is 18.4. The number of aliphatic imine (C=N–C) groups is 1. The Bertz CT molecular complexity index is 1060. The molecule has 0 bridgehead atoms. The van der Waals surface area contributed by atoms with Gasteiger partial charge in [-0.3, -0.25) is 0 Å². The quantitative estimate of drug-likeness (QED) is 0.381. The summed E-state index contributed by atoms with van der Waals surface area (Å²) in [7, 11) is 1.56. The van der Waals surface area contributed by atoms with E-state index in [-0.39, 0.29) is 5.90 Å². The molecule has 3 aromatic carbocycles. The molecule has 0 fully saturated rings. The monoisotopic (exact) mass is 387 g/mol. The van der Waals surface area contributed by atoms with E-state index >= 15 is 0 Å². The molecule has 29 heavy (non-hydrogen) atoms. The molecule has 0 unspecified atom stereocenters. The average molecular weight is 387 g/mol. The number of hydrogen-bond acceptors (Lipinski definition) is 6. The summed E-state index contributed by atoms with van der Waals surface area (Å²) in [4.78, 5) is 30.6. The van der Waals surface area contributed by atoms with Gasteiger partial charge in [0.25, 0.3) is 5.54 Å². The Hall–Kier alpha value is -3.93. The molecular weight excluding hydrogens is 370 g/mol. The summed E-state index contributed by atoms with van der Waals surface area (Å²) in [6.45, 7) is 0. The number of ether oxygens (including phenoxy) is 3. The number of carbonyl (C=O) groups excluding carboxylic acids is 2. The van der Waals surface area contributed by atoms with Crippen molar-refractivity contribution < 1.29 is 23.8 Å². The highest BCUT2D eigenvalue weighted by Crippen LogP contribution is 2.35. The van der Waals surface area contributed by atoms with Crippen LogP contribution >= 0.6 is 0 Å². The number of para-hydroxylation sites is 1. The lowest BCUT2D eigenvalue weighted by molar-refractivity contribution is -0.152. The van der Waals surface area contributed by atoms with Gasteiger partial charge in [-0.2, -0.15) is 0 Å². The number of nitrogens with zero attached hydrogens (tertiary/aromatic N) is 1. The van der Waals surface area contributed by atoms with Crippen molar-refractivity contribution in [2.24, 2.45) is 4.99 Å². The van der Waals surface area contributed by atoms with E-state index in [1.807, 2.05) is 0 Å². The van der Waals surface area contributed by atoms with Crippen LogP contribution in [0, 0.1) is 0 Å². The summed E-state index contributed by atoms with van der Waals surface area (Å²) in [5, 5.41) is 0. The zero-order valence-electron chi connectivity index (χ0n) is 15.6. The maximum Gasteiger partial charge on any atom is 0.357 e. The molecule has 6 nitrogen and oxygen atoms in total. The standard InChI is InChI=1S/C23H17NO5/c1-27-18-14-12-16(13-15-18)20-24-23(22(26)29-20,17-8-4-2-5-9-17)21(25)28-19-10-6-3-7-11-19/h2-15H,1H3/t23-/m0/s1. The Morgan fingerprint density at radius 2 is 1.48 bits per heavy atom. The largest absolute Gasteiger partial charge is 0.497 e. The molecule has 0 saturated carbocycles. The molecule has 0 spiro atoms. The van der Waals surface area contributed by atoms with Crippen LogP contribution in [0.2, 0.25) is 0 Å². The highest BCUT2D eigenvalue weighted by atomic mass is 16.6. The van der Waals surface area contributed by atoms with Gasteiger partial charge < -0.3 is 14.2 Å². The second kappa shape index (κ2) is 7.59. The number of cyclic esters (lactones) is 1. The molecule has 0 N–H and O–H groups in total. The van der Waals surface area contributed by atoms with Gasteiger partial charge in [-0.25, -0.2) is 14.6 Å². The summed E-state index contributed by atoms with van der Waals surface area (Å²) in [5.74, 6) is -0.629. The molecule has 6 heteroatoms. The Labute approximate surface area is 167 Å². The molecule has 144 valence electrons. The lowest BCUT2D eigenvalue weighted by atomic mass is 9.91. The van der Waals surface area contributed by atoms with Crippen molar-refractivity contribution in [2.75, 3.05) is 7.11 Å². The Balaban J connectivity index is 1.78. The van der Waals surface area contributed by atoms with E-state index in [9.17, 15) is 9.59 Å². The maximum absolute atomic E-state index is 13.2. The fraction of sp³-hybridized carbons (Fsp3) is 0.0870. The number of esters is 2. The molecule has 1 aliphatic heterocycles. The highest BCUT2D eigenvalue weighted by Gasteiger charge is 2.56. The van der Waals surface area contributed by atoms with Gasteiger partial charge in [-0.15, -0.1) is 0 Å². The van der Waals surface area contributed by atoms with Crippen LogP contribution < -0.4 is 9.47 Å². The van der Waals surface area contributed by atoms with Gasteiger partial charge in [0.15, 0.2) is 0 Å². The molecule has 0 amide bonds. The molecule has 0 aromatic heterocycles. The fourth-order valence-corrected chi connectivity index (χ4v) is 3.02. The first-order chi connectivity index (χ1) is 14.1. The fourth-order valence-electron chi connectivity index (χ4n) is 3.02. The van der Waals surface area contributed by atoms with Crippen LogP contribution in [0.5, 0.6) is 11.5 Å². The first-order valence-corrected chi connectivity index (χ1v) is 8.93.